The van der Waals surface area contributed by atoms with Gasteiger partial charge in [0, 0.05) is 18.2 Å². The van der Waals surface area contributed by atoms with Crippen molar-refractivity contribution in [1.82, 2.24) is 14.5 Å². The Bertz CT molecular complexity index is 1040. The molecule has 24 heavy (non-hydrogen) atoms. The first kappa shape index (κ1) is 16.3. The van der Waals surface area contributed by atoms with Gasteiger partial charge in [-0.05, 0) is 30.4 Å². The lowest BCUT2D eigenvalue weighted by atomic mass is 10.1. The number of aromatic amines is 1. The van der Waals surface area contributed by atoms with Crippen molar-refractivity contribution in [1.29, 1.82) is 0 Å². The van der Waals surface area contributed by atoms with E-state index in [2.05, 4.69) is 9.97 Å². The molecule has 2 aromatic heterocycles. The molecule has 0 atom stereocenters. The number of nitrogens with zero attached hydrogens (tertiary/aromatic N) is 2. The average Bonchev–Trinajstić information content (AvgIpc) is 2.58. The summed E-state index contributed by atoms with van der Waals surface area (Å²) in [5.74, 6) is 0.496. The van der Waals surface area contributed by atoms with E-state index in [0.29, 0.717) is 11.3 Å². The third-order valence-electron chi connectivity index (χ3n) is 3.72. The molecule has 8 heteroatoms. The number of nitrogens with one attached hydrogen (secondary N) is 1. The molecule has 1 aromatic carbocycles. The molecule has 0 unspecified atom stereocenters. The first-order chi connectivity index (χ1) is 11.4. The summed E-state index contributed by atoms with van der Waals surface area (Å²) in [6, 6.07) is 8.15. The second kappa shape index (κ2) is 6.12. The number of rotatable bonds is 3. The third-order valence-corrected chi connectivity index (χ3v) is 4.09. The van der Waals surface area contributed by atoms with Crippen LogP contribution in [0.5, 0.6) is 5.75 Å². The van der Waals surface area contributed by atoms with Crippen LogP contribution in [0.3, 0.4) is 0 Å². The summed E-state index contributed by atoms with van der Waals surface area (Å²) in [6.07, 6.45) is -2.83. The Labute approximate surface area is 140 Å². The first-order valence-electron chi connectivity index (χ1n) is 6.99. The Kier molecular flexibility index (Phi) is 4.15. The number of hydrogen-bond donors (Lipinski definition) is 1. The van der Waals surface area contributed by atoms with Gasteiger partial charge in [0.25, 0.3) is 12.0 Å². The molecule has 1 N–H and O–H groups in total. The monoisotopic (exact) mass is 349 g/mol. The van der Waals surface area contributed by atoms with Gasteiger partial charge in [-0.25, -0.2) is 13.8 Å². The number of aromatic nitrogens is 3. The minimum absolute atomic E-state index is 0.0995. The highest BCUT2D eigenvalue weighted by molar-refractivity contribution is 7.71. The molecule has 0 saturated heterocycles. The maximum atomic E-state index is 13.5. The Balaban J connectivity index is 2.46. The van der Waals surface area contributed by atoms with Crippen molar-refractivity contribution in [2.24, 2.45) is 7.05 Å². The Morgan fingerprint density at radius 3 is 2.71 bits per heavy atom. The molecule has 0 aliphatic carbocycles. The van der Waals surface area contributed by atoms with E-state index < -0.39 is 17.5 Å². The lowest BCUT2D eigenvalue weighted by Gasteiger charge is -2.13. The van der Waals surface area contributed by atoms with Crippen LogP contribution >= 0.6 is 12.2 Å². The van der Waals surface area contributed by atoms with Gasteiger partial charge in [0.1, 0.15) is 11.4 Å². The molecule has 0 radical (unpaired) electrons. The highest BCUT2D eigenvalue weighted by Crippen LogP contribution is 2.33. The summed E-state index contributed by atoms with van der Waals surface area (Å²) < 4.78 is 33.9. The van der Waals surface area contributed by atoms with Gasteiger partial charge in [0.05, 0.1) is 18.2 Å². The van der Waals surface area contributed by atoms with Gasteiger partial charge in [-0.2, -0.15) is 0 Å². The molecule has 124 valence electrons. The molecule has 0 aliphatic heterocycles. The third kappa shape index (κ3) is 2.58. The van der Waals surface area contributed by atoms with Crippen LogP contribution in [-0.4, -0.2) is 21.6 Å². The van der Waals surface area contributed by atoms with E-state index in [9.17, 15) is 13.6 Å². The SMILES string of the molecule is COc1ccccc1-c1cc(C(F)F)c2c(=O)[nH]c(=S)n(C)c2n1. The fourth-order valence-corrected chi connectivity index (χ4v) is 2.71. The zero-order valence-corrected chi connectivity index (χ0v) is 13.7. The summed E-state index contributed by atoms with van der Waals surface area (Å²) in [5.41, 5.74) is -0.140. The molecule has 5 nitrogen and oxygen atoms in total. The maximum absolute atomic E-state index is 13.5. The van der Waals surface area contributed by atoms with Crippen LogP contribution < -0.4 is 10.3 Å². The minimum atomic E-state index is -2.83. The van der Waals surface area contributed by atoms with E-state index in [1.54, 1.807) is 31.3 Å². The summed E-state index contributed by atoms with van der Waals surface area (Å²) >= 11 is 5.04. The fraction of sp³-hybridized carbons (Fsp3) is 0.188. The molecular weight excluding hydrogens is 336 g/mol. The van der Waals surface area contributed by atoms with Crippen molar-refractivity contribution >= 4 is 23.3 Å². The Morgan fingerprint density at radius 2 is 2.04 bits per heavy atom. The highest BCUT2D eigenvalue weighted by atomic mass is 32.1. The fourth-order valence-electron chi connectivity index (χ4n) is 2.53. The molecule has 0 aliphatic rings. The smallest absolute Gasteiger partial charge is 0.264 e. The number of aryl methyl sites for hydroxylation is 1. The van der Waals surface area contributed by atoms with Gasteiger partial charge in [-0.1, -0.05) is 12.1 Å². The van der Waals surface area contributed by atoms with E-state index in [1.807, 2.05) is 0 Å². The molecule has 3 rings (SSSR count). The topological polar surface area (TPSA) is 59.9 Å². The van der Waals surface area contributed by atoms with Gasteiger partial charge in [0.2, 0.25) is 0 Å². The minimum Gasteiger partial charge on any atom is -0.496 e. The summed E-state index contributed by atoms with van der Waals surface area (Å²) in [5, 5.41) is -0.167. The van der Waals surface area contributed by atoms with Crippen molar-refractivity contribution in [3.63, 3.8) is 0 Å². The quantitative estimate of drug-likeness (QED) is 0.734. The predicted molar refractivity (Wildman–Crippen MR) is 89.1 cm³/mol. The molecule has 0 saturated carbocycles. The number of ether oxygens (including phenoxy) is 1. The first-order valence-corrected chi connectivity index (χ1v) is 7.40. The molecule has 2 heterocycles. The number of methoxy groups -OCH3 is 1. The number of para-hydroxylation sites is 1. The van der Waals surface area contributed by atoms with Crippen LogP contribution in [0.1, 0.15) is 12.0 Å². The molecular formula is C16H13F2N3O2S. The largest absolute Gasteiger partial charge is 0.496 e. The number of halogens is 2. The summed E-state index contributed by atoms with van der Waals surface area (Å²) in [6.45, 7) is 0. The van der Waals surface area contributed by atoms with Crippen LogP contribution in [0.15, 0.2) is 35.1 Å². The molecule has 3 aromatic rings. The van der Waals surface area contributed by atoms with Crippen LogP contribution in [0, 0.1) is 4.77 Å². The Hall–Kier alpha value is -2.61. The van der Waals surface area contributed by atoms with Crippen LogP contribution in [0.4, 0.5) is 8.78 Å². The number of pyridine rings is 1. The van der Waals surface area contributed by atoms with E-state index in [4.69, 9.17) is 17.0 Å². The second-order valence-corrected chi connectivity index (χ2v) is 5.50. The normalized spacial score (nSPS) is 11.2. The maximum Gasteiger partial charge on any atom is 0.264 e. The van der Waals surface area contributed by atoms with Crippen LogP contribution in [0.2, 0.25) is 0 Å². The molecule has 0 spiro atoms. The number of benzene rings is 1. The molecule has 0 amide bonds. The predicted octanol–water partition coefficient (Wildman–Crippen LogP) is 3.60. The van der Waals surface area contributed by atoms with Crippen molar-refractivity contribution < 1.29 is 13.5 Å². The number of H-pyrrole nitrogens is 1. The van der Waals surface area contributed by atoms with Crippen molar-refractivity contribution in [3.05, 3.63) is 51.0 Å². The number of hydrogen-bond acceptors (Lipinski definition) is 4. The Morgan fingerprint density at radius 1 is 1.33 bits per heavy atom. The van der Waals surface area contributed by atoms with Gasteiger partial charge in [-0.15, -0.1) is 0 Å². The van der Waals surface area contributed by atoms with Gasteiger partial charge < -0.3 is 9.30 Å². The van der Waals surface area contributed by atoms with E-state index in [-0.39, 0.29) is 21.5 Å². The zero-order chi connectivity index (χ0) is 17.4. The standard InChI is InChI=1S/C16H13F2N3O2S/c1-21-14-12(15(22)20-16(21)24)9(13(17)18)7-10(19-14)8-5-3-4-6-11(8)23-2/h3-7,13H,1-2H3,(H,20,22,24). The molecule has 0 fully saturated rings. The van der Waals surface area contributed by atoms with Crippen molar-refractivity contribution in [2.75, 3.05) is 7.11 Å². The highest BCUT2D eigenvalue weighted by Gasteiger charge is 2.20. The molecule has 0 bridgehead atoms. The summed E-state index contributed by atoms with van der Waals surface area (Å²) in [7, 11) is 3.05. The lowest BCUT2D eigenvalue weighted by Crippen LogP contribution is -2.16. The van der Waals surface area contributed by atoms with Crippen molar-refractivity contribution in [3.8, 4) is 17.0 Å². The van der Waals surface area contributed by atoms with E-state index >= 15 is 0 Å². The number of fused-ring (bicyclic) bond motifs is 1. The second-order valence-electron chi connectivity index (χ2n) is 5.11. The lowest BCUT2D eigenvalue weighted by molar-refractivity contribution is 0.153. The number of alkyl halides is 2. The van der Waals surface area contributed by atoms with Crippen LogP contribution in [-0.2, 0) is 7.05 Å². The van der Waals surface area contributed by atoms with Crippen molar-refractivity contribution in [2.45, 2.75) is 6.43 Å². The van der Waals surface area contributed by atoms with Gasteiger partial charge >= 0.3 is 0 Å². The van der Waals surface area contributed by atoms with Gasteiger partial charge in [-0.3, -0.25) is 9.78 Å². The van der Waals surface area contributed by atoms with Gasteiger partial charge in [0.15, 0.2) is 4.77 Å². The van der Waals surface area contributed by atoms with E-state index in [0.717, 1.165) is 0 Å². The van der Waals surface area contributed by atoms with Crippen LogP contribution in [0.25, 0.3) is 22.3 Å². The average molecular weight is 349 g/mol. The summed E-state index contributed by atoms with van der Waals surface area (Å²) in [4.78, 5) is 18.9. The van der Waals surface area contributed by atoms with E-state index in [1.165, 1.54) is 17.7 Å². The zero-order valence-electron chi connectivity index (χ0n) is 12.8.